The molecule has 2 aliphatic heterocycles. The summed E-state index contributed by atoms with van der Waals surface area (Å²) in [6.07, 6.45) is 1.28. The fourth-order valence-corrected chi connectivity index (χ4v) is 4.57. The Balaban J connectivity index is 1.53. The van der Waals surface area contributed by atoms with E-state index in [-0.39, 0.29) is 5.91 Å². The quantitative estimate of drug-likeness (QED) is 0.741. The first-order valence-electron chi connectivity index (χ1n) is 11.1. The molecule has 0 N–H and O–H groups in total. The van der Waals surface area contributed by atoms with Crippen LogP contribution in [0.4, 0.5) is 11.4 Å². The van der Waals surface area contributed by atoms with Crippen molar-refractivity contribution in [1.29, 1.82) is 0 Å². The van der Waals surface area contributed by atoms with E-state index in [1.807, 2.05) is 19.0 Å². The minimum Gasteiger partial charge on any atom is -0.496 e. The molecule has 31 heavy (non-hydrogen) atoms. The van der Waals surface area contributed by atoms with Crippen molar-refractivity contribution in [3.05, 3.63) is 53.1 Å². The number of nitrogens with zero attached hydrogens (tertiary/aromatic N) is 4. The molecule has 0 atom stereocenters. The van der Waals surface area contributed by atoms with E-state index in [0.29, 0.717) is 13.0 Å². The Morgan fingerprint density at radius 3 is 2.32 bits per heavy atom. The van der Waals surface area contributed by atoms with Gasteiger partial charge in [0.25, 0.3) is 0 Å². The van der Waals surface area contributed by atoms with E-state index in [9.17, 15) is 4.79 Å². The second kappa shape index (κ2) is 9.18. The lowest BCUT2D eigenvalue weighted by molar-refractivity contribution is -0.131. The summed E-state index contributed by atoms with van der Waals surface area (Å²) in [4.78, 5) is 22.1. The molecule has 0 unspecified atom stereocenters. The fourth-order valence-electron chi connectivity index (χ4n) is 4.57. The summed E-state index contributed by atoms with van der Waals surface area (Å²) in [5.41, 5.74) is 5.99. The molecule has 0 aromatic heterocycles. The number of hydrogen-bond donors (Lipinski definition) is 0. The Labute approximate surface area is 186 Å². The summed E-state index contributed by atoms with van der Waals surface area (Å²) in [6, 6.07) is 12.5. The van der Waals surface area contributed by atoms with Crippen LogP contribution in [0.25, 0.3) is 0 Å². The first kappa shape index (κ1) is 21.5. The monoisotopic (exact) mass is 422 g/mol. The van der Waals surface area contributed by atoms with Crippen LogP contribution in [0.5, 0.6) is 5.75 Å². The minimum atomic E-state index is 0.190. The highest BCUT2D eigenvalue weighted by molar-refractivity contribution is 5.80. The van der Waals surface area contributed by atoms with E-state index >= 15 is 0 Å². The molecule has 0 radical (unpaired) electrons. The maximum Gasteiger partial charge on any atom is 0.227 e. The van der Waals surface area contributed by atoms with Gasteiger partial charge in [-0.1, -0.05) is 12.1 Å². The van der Waals surface area contributed by atoms with E-state index in [0.717, 1.165) is 56.1 Å². The number of likely N-dealkylation sites (N-methyl/N-ethyl adjacent to an activating group) is 1. The Kier molecular flexibility index (Phi) is 6.37. The van der Waals surface area contributed by atoms with Crippen LogP contribution in [0.1, 0.15) is 16.7 Å². The molecule has 166 valence electrons. The average molecular weight is 423 g/mol. The first-order valence-corrected chi connectivity index (χ1v) is 11.1. The molecule has 0 saturated carbocycles. The number of anilines is 2. The fraction of sp³-hybridized carbons (Fsp3) is 0.480. The number of hydrogen-bond acceptors (Lipinski definition) is 5. The molecule has 2 heterocycles. The summed E-state index contributed by atoms with van der Waals surface area (Å²) >= 11 is 0. The summed E-state index contributed by atoms with van der Waals surface area (Å²) in [5, 5.41) is 0. The van der Waals surface area contributed by atoms with Gasteiger partial charge in [0.1, 0.15) is 5.75 Å². The van der Waals surface area contributed by atoms with Gasteiger partial charge in [-0.2, -0.15) is 0 Å². The van der Waals surface area contributed by atoms with E-state index in [1.165, 1.54) is 16.8 Å². The largest absolute Gasteiger partial charge is 0.496 e. The highest BCUT2D eigenvalue weighted by Gasteiger charge is 2.28. The second-order valence-electron chi connectivity index (χ2n) is 8.84. The van der Waals surface area contributed by atoms with Gasteiger partial charge in [0, 0.05) is 75.9 Å². The highest BCUT2D eigenvalue weighted by Crippen LogP contribution is 2.36. The normalized spacial score (nSPS) is 16.8. The Morgan fingerprint density at radius 1 is 0.968 bits per heavy atom. The van der Waals surface area contributed by atoms with Crippen LogP contribution in [0.3, 0.4) is 0 Å². The lowest BCUT2D eigenvalue weighted by Gasteiger charge is -2.38. The van der Waals surface area contributed by atoms with Crippen molar-refractivity contribution in [2.24, 2.45) is 0 Å². The molecule has 2 aliphatic rings. The predicted octanol–water partition coefficient (Wildman–Crippen LogP) is 2.64. The van der Waals surface area contributed by atoms with Gasteiger partial charge in [0.15, 0.2) is 0 Å². The number of methoxy groups -OCH3 is 1. The molecule has 0 bridgehead atoms. The number of carbonyl (C=O) groups is 1. The average Bonchev–Trinajstić information content (AvgIpc) is 2.79. The minimum absolute atomic E-state index is 0.190. The summed E-state index contributed by atoms with van der Waals surface area (Å²) in [5.74, 6) is 1.13. The maximum atomic E-state index is 13.1. The standard InChI is InChI=1S/C25H34N4O2/c1-26(2)20-7-5-19(6-8-20)17-25(30)29-12-11-21-22(18-29)23(9-10-24(21)31-4)28-15-13-27(3)14-16-28/h5-10H,11-18H2,1-4H3. The third-order valence-corrected chi connectivity index (χ3v) is 6.57. The van der Waals surface area contributed by atoms with Gasteiger partial charge in [-0.3, -0.25) is 4.79 Å². The van der Waals surface area contributed by atoms with Gasteiger partial charge in [-0.05, 0) is 43.3 Å². The molecular formula is C25H34N4O2. The van der Waals surface area contributed by atoms with Crippen molar-refractivity contribution in [2.75, 3.05) is 70.8 Å². The number of benzene rings is 2. The predicted molar refractivity (Wildman–Crippen MR) is 126 cm³/mol. The number of carbonyl (C=O) groups excluding carboxylic acids is 1. The molecular weight excluding hydrogens is 388 g/mol. The maximum absolute atomic E-state index is 13.1. The lowest BCUT2D eigenvalue weighted by atomic mass is 9.95. The second-order valence-corrected chi connectivity index (χ2v) is 8.84. The SMILES string of the molecule is COc1ccc(N2CCN(C)CC2)c2c1CCN(C(=O)Cc1ccc(N(C)C)cc1)C2. The summed E-state index contributed by atoms with van der Waals surface area (Å²) in [7, 11) is 7.96. The van der Waals surface area contributed by atoms with Gasteiger partial charge in [-0.25, -0.2) is 0 Å². The van der Waals surface area contributed by atoms with Gasteiger partial charge in [0.2, 0.25) is 5.91 Å². The van der Waals surface area contributed by atoms with Crippen molar-refractivity contribution < 1.29 is 9.53 Å². The molecule has 4 rings (SSSR count). The molecule has 6 nitrogen and oxygen atoms in total. The van der Waals surface area contributed by atoms with Crippen molar-refractivity contribution in [1.82, 2.24) is 9.80 Å². The van der Waals surface area contributed by atoms with E-state index in [1.54, 1.807) is 7.11 Å². The van der Waals surface area contributed by atoms with Gasteiger partial charge in [0.05, 0.1) is 13.5 Å². The van der Waals surface area contributed by atoms with Crippen LogP contribution < -0.4 is 14.5 Å². The van der Waals surface area contributed by atoms with Crippen LogP contribution in [-0.2, 0) is 24.2 Å². The molecule has 1 amide bonds. The van der Waals surface area contributed by atoms with Gasteiger partial charge < -0.3 is 24.3 Å². The third kappa shape index (κ3) is 4.64. The van der Waals surface area contributed by atoms with Crippen molar-refractivity contribution in [3.8, 4) is 5.75 Å². The third-order valence-electron chi connectivity index (χ3n) is 6.57. The summed E-state index contributed by atoms with van der Waals surface area (Å²) < 4.78 is 5.66. The van der Waals surface area contributed by atoms with Crippen LogP contribution in [0.15, 0.2) is 36.4 Å². The Hall–Kier alpha value is -2.73. The smallest absolute Gasteiger partial charge is 0.227 e. The zero-order chi connectivity index (χ0) is 22.0. The van der Waals surface area contributed by atoms with Crippen LogP contribution >= 0.6 is 0 Å². The number of ether oxygens (including phenoxy) is 1. The summed E-state index contributed by atoms with van der Waals surface area (Å²) in [6.45, 7) is 5.55. The number of amides is 1. The van der Waals surface area contributed by atoms with Crippen molar-refractivity contribution in [2.45, 2.75) is 19.4 Å². The first-order chi connectivity index (χ1) is 15.0. The topological polar surface area (TPSA) is 39.3 Å². The van der Waals surface area contributed by atoms with Crippen LogP contribution in [0, 0.1) is 0 Å². The number of rotatable bonds is 5. The molecule has 1 saturated heterocycles. The molecule has 0 aliphatic carbocycles. The van der Waals surface area contributed by atoms with Gasteiger partial charge in [-0.15, -0.1) is 0 Å². The van der Waals surface area contributed by atoms with E-state index in [4.69, 9.17) is 4.74 Å². The van der Waals surface area contributed by atoms with Crippen LogP contribution in [-0.4, -0.2) is 76.7 Å². The molecule has 0 spiro atoms. The van der Waals surface area contributed by atoms with Crippen molar-refractivity contribution >= 4 is 17.3 Å². The lowest BCUT2D eigenvalue weighted by Crippen LogP contribution is -2.45. The molecule has 2 aromatic carbocycles. The van der Waals surface area contributed by atoms with E-state index in [2.05, 4.69) is 58.1 Å². The van der Waals surface area contributed by atoms with Crippen LogP contribution in [0.2, 0.25) is 0 Å². The molecule has 1 fully saturated rings. The number of piperazine rings is 1. The van der Waals surface area contributed by atoms with E-state index < -0.39 is 0 Å². The Morgan fingerprint density at radius 2 is 1.68 bits per heavy atom. The zero-order valence-electron chi connectivity index (χ0n) is 19.2. The van der Waals surface area contributed by atoms with Crippen molar-refractivity contribution in [3.63, 3.8) is 0 Å². The molecule has 6 heteroatoms. The highest BCUT2D eigenvalue weighted by atomic mass is 16.5. The molecule has 2 aromatic rings. The zero-order valence-corrected chi connectivity index (χ0v) is 19.2. The number of fused-ring (bicyclic) bond motifs is 1. The Bertz CT molecular complexity index is 918. The van der Waals surface area contributed by atoms with Gasteiger partial charge >= 0.3 is 0 Å².